The first-order chi connectivity index (χ1) is 9.08. The lowest BCUT2D eigenvalue weighted by molar-refractivity contribution is 0.208. The molecule has 0 fully saturated rings. The van der Waals surface area contributed by atoms with Crippen LogP contribution < -0.4 is 10.1 Å². The molecule has 0 spiro atoms. The molecule has 1 unspecified atom stereocenters. The van der Waals surface area contributed by atoms with Gasteiger partial charge >= 0.3 is 0 Å². The van der Waals surface area contributed by atoms with Crippen molar-refractivity contribution in [3.05, 3.63) is 22.6 Å². The Morgan fingerprint density at radius 1 is 1.47 bits per heavy atom. The van der Waals surface area contributed by atoms with Crippen molar-refractivity contribution in [3.8, 4) is 5.88 Å². The number of halogens is 2. The maximum atomic E-state index is 5.94. The zero-order chi connectivity index (χ0) is 13.8. The zero-order valence-electron chi connectivity index (χ0n) is 10.4. The lowest BCUT2D eigenvalue weighted by Crippen LogP contribution is -2.09. The van der Waals surface area contributed by atoms with Crippen LogP contribution in [0.15, 0.2) is 12.3 Å². The summed E-state index contributed by atoms with van der Waals surface area (Å²) in [5.74, 6) is 1.51. The molecule has 0 radical (unpaired) electrons. The Balaban J connectivity index is 2.09. The van der Waals surface area contributed by atoms with Crippen LogP contribution in [0.5, 0.6) is 5.88 Å². The Morgan fingerprint density at radius 2 is 2.26 bits per heavy atom. The zero-order valence-corrected chi connectivity index (χ0v) is 12.0. The normalized spacial score (nSPS) is 12.2. The van der Waals surface area contributed by atoms with Crippen LogP contribution in [0, 0.1) is 0 Å². The highest BCUT2D eigenvalue weighted by Crippen LogP contribution is 2.24. The van der Waals surface area contributed by atoms with Crippen LogP contribution in [0.25, 0.3) is 0 Å². The molecular formula is C11H13Cl2N5O. The third-order valence-corrected chi connectivity index (χ3v) is 2.88. The van der Waals surface area contributed by atoms with E-state index in [1.165, 1.54) is 6.20 Å². The number of rotatable bonds is 5. The predicted molar refractivity (Wildman–Crippen MR) is 74.3 cm³/mol. The quantitative estimate of drug-likeness (QED) is 0.828. The number of hydrogen-bond acceptors (Lipinski definition) is 5. The molecular weight excluding hydrogens is 289 g/mol. The minimum atomic E-state index is 0.110. The van der Waals surface area contributed by atoms with Crippen molar-refractivity contribution in [2.24, 2.45) is 0 Å². The van der Waals surface area contributed by atoms with E-state index < -0.39 is 0 Å². The maximum absolute atomic E-state index is 5.94. The van der Waals surface area contributed by atoms with Gasteiger partial charge in [0.05, 0.1) is 12.3 Å². The summed E-state index contributed by atoms with van der Waals surface area (Å²) in [6, 6.07) is 1.72. The molecule has 102 valence electrons. The molecule has 0 bridgehead atoms. The summed E-state index contributed by atoms with van der Waals surface area (Å²) in [6.45, 7) is 4.03. The van der Waals surface area contributed by atoms with Gasteiger partial charge in [0.2, 0.25) is 11.2 Å². The van der Waals surface area contributed by atoms with Crippen molar-refractivity contribution >= 4 is 34.8 Å². The second-order valence-electron chi connectivity index (χ2n) is 3.91. The van der Waals surface area contributed by atoms with E-state index >= 15 is 0 Å². The molecule has 0 aliphatic heterocycles. The van der Waals surface area contributed by atoms with E-state index in [-0.39, 0.29) is 11.4 Å². The minimum Gasteiger partial charge on any atom is -0.475 e. The molecule has 8 heteroatoms. The van der Waals surface area contributed by atoms with Crippen LogP contribution in [0.4, 0.5) is 11.6 Å². The number of nitrogens with one attached hydrogen (secondary N) is 2. The van der Waals surface area contributed by atoms with Crippen molar-refractivity contribution in [2.75, 3.05) is 5.32 Å². The monoisotopic (exact) mass is 301 g/mol. The summed E-state index contributed by atoms with van der Waals surface area (Å²) < 4.78 is 5.59. The molecule has 2 rings (SSSR count). The van der Waals surface area contributed by atoms with Crippen molar-refractivity contribution in [1.29, 1.82) is 0 Å². The number of H-pyrrole nitrogens is 1. The van der Waals surface area contributed by atoms with E-state index in [9.17, 15) is 0 Å². The van der Waals surface area contributed by atoms with Crippen LogP contribution in [-0.4, -0.2) is 26.3 Å². The first-order valence-corrected chi connectivity index (χ1v) is 6.51. The van der Waals surface area contributed by atoms with Crippen LogP contribution in [0.3, 0.4) is 0 Å². The largest absolute Gasteiger partial charge is 0.475 e. The lowest BCUT2D eigenvalue weighted by Gasteiger charge is -2.08. The van der Waals surface area contributed by atoms with E-state index in [4.69, 9.17) is 27.9 Å². The number of ether oxygens (including phenoxy) is 1. The van der Waals surface area contributed by atoms with Gasteiger partial charge in [0, 0.05) is 6.07 Å². The average molecular weight is 302 g/mol. The fourth-order valence-electron chi connectivity index (χ4n) is 1.28. The Kier molecular flexibility index (Phi) is 4.44. The molecule has 2 heterocycles. The van der Waals surface area contributed by atoms with E-state index in [0.29, 0.717) is 22.5 Å². The van der Waals surface area contributed by atoms with Gasteiger partial charge < -0.3 is 10.1 Å². The van der Waals surface area contributed by atoms with Crippen molar-refractivity contribution in [1.82, 2.24) is 20.2 Å². The SMILES string of the molecule is CCC(C)Oc1cc(Nc2nc(Cl)ncc2Cl)n[nH]1. The molecule has 0 saturated carbocycles. The third-order valence-electron chi connectivity index (χ3n) is 2.42. The van der Waals surface area contributed by atoms with Crippen molar-refractivity contribution < 1.29 is 4.74 Å². The van der Waals surface area contributed by atoms with Gasteiger partial charge in [0.1, 0.15) is 5.02 Å². The molecule has 2 N–H and O–H groups in total. The van der Waals surface area contributed by atoms with Crippen LogP contribution >= 0.6 is 23.2 Å². The van der Waals surface area contributed by atoms with E-state index in [1.54, 1.807) is 6.07 Å². The molecule has 6 nitrogen and oxygen atoms in total. The standard InChI is InChI=1S/C11H13Cl2N5O/c1-3-6(2)19-9-4-8(17-18-9)15-10-7(12)5-14-11(13)16-10/h4-6H,3H2,1-2H3,(H2,14,15,16,17,18). The Bertz CT molecular complexity index is 560. The number of hydrogen-bond donors (Lipinski definition) is 2. The van der Waals surface area contributed by atoms with E-state index in [0.717, 1.165) is 6.42 Å². The molecule has 2 aromatic heterocycles. The smallest absolute Gasteiger partial charge is 0.224 e. The number of aromatic nitrogens is 4. The van der Waals surface area contributed by atoms with E-state index in [1.807, 2.05) is 13.8 Å². The number of aromatic amines is 1. The molecule has 1 atom stereocenters. The average Bonchev–Trinajstić information content (AvgIpc) is 2.81. The second kappa shape index (κ2) is 6.08. The third kappa shape index (κ3) is 3.71. The summed E-state index contributed by atoms with van der Waals surface area (Å²) >= 11 is 11.6. The topological polar surface area (TPSA) is 75.7 Å². The van der Waals surface area contributed by atoms with Crippen LogP contribution in [0.1, 0.15) is 20.3 Å². The summed E-state index contributed by atoms with van der Waals surface area (Å²) in [5.41, 5.74) is 0. The predicted octanol–water partition coefficient (Wildman–Crippen LogP) is 3.43. The number of anilines is 2. The first kappa shape index (κ1) is 13.9. The van der Waals surface area contributed by atoms with Crippen LogP contribution in [0.2, 0.25) is 10.3 Å². The summed E-state index contributed by atoms with van der Waals surface area (Å²) in [6.07, 6.45) is 2.45. The minimum absolute atomic E-state index is 0.110. The molecule has 0 aliphatic rings. The molecule has 0 aliphatic carbocycles. The molecule has 19 heavy (non-hydrogen) atoms. The summed E-state index contributed by atoms with van der Waals surface area (Å²) in [7, 11) is 0. The fourth-order valence-corrected chi connectivity index (χ4v) is 1.55. The van der Waals surface area contributed by atoms with Gasteiger partial charge in [-0.05, 0) is 24.9 Å². The summed E-state index contributed by atoms with van der Waals surface area (Å²) in [4.78, 5) is 7.74. The second-order valence-corrected chi connectivity index (χ2v) is 4.66. The Labute approximate surface area is 120 Å². The molecule has 2 aromatic rings. The molecule has 0 saturated heterocycles. The molecule has 0 aromatic carbocycles. The van der Waals surface area contributed by atoms with E-state index in [2.05, 4.69) is 25.5 Å². The van der Waals surface area contributed by atoms with Gasteiger partial charge in [-0.2, -0.15) is 10.1 Å². The maximum Gasteiger partial charge on any atom is 0.224 e. The van der Waals surface area contributed by atoms with Crippen LogP contribution in [-0.2, 0) is 0 Å². The highest BCUT2D eigenvalue weighted by atomic mass is 35.5. The van der Waals surface area contributed by atoms with Gasteiger partial charge in [-0.15, -0.1) is 0 Å². The van der Waals surface area contributed by atoms with Gasteiger partial charge in [0.15, 0.2) is 11.6 Å². The van der Waals surface area contributed by atoms with Gasteiger partial charge in [-0.25, -0.2) is 10.1 Å². The highest BCUT2D eigenvalue weighted by Gasteiger charge is 2.09. The van der Waals surface area contributed by atoms with Crippen molar-refractivity contribution in [3.63, 3.8) is 0 Å². The van der Waals surface area contributed by atoms with Gasteiger partial charge in [0.25, 0.3) is 0 Å². The summed E-state index contributed by atoms with van der Waals surface area (Å²) in [5, 5.41) is 10.2. The fraction of sp³-hybridized carbons (Fsp3) is 0.364. The van der Waals surface area contributed by atoms with Gasteiger partial charge in [-0.1, -0.05) is 18.5 Å². The first-order valence-electron chi connectivity index (χ1n) is 5.75. The highest BCUT2D eigenvalue weighted by molar-refractivity contribution is 6.33. The molecule has 0 amide bonds. The Morgan fingerprint density at radius 3 is 3.00 bits per heavy atom. The van der Waals surface area contributed by atoms with Gasteiger partial charge in [-0.3, -0.25) is 0 Å². The lowest BCUT2D eigenvalue weighted by atomic mass is 10.3. The van der Waals surface area contributed by atoms with Crippen molar-refractivity contribution in [2.45, 2.75) is 26.4 Å². The number of nitrogens with zero attached hydrogens (tertiary/aromatic N) is 3. The Hall–Kier alpha value is -1.53.